The monoisotopic (exact) mass is 219 g/mol. The van der Waals surface area contributed by atoms with E-state index in [-0.39, 0.29) is 0 Å². The quantitative estimate of drug-likeness (QED) is 0.613. The fourth-order valence-corrected chi connectivity index (χ4v) is 1.71. The first-order valence-electron chi connectivity index (χ1n) is 4.51. The third kappa shape index (κ3) is 3.64. The van der Waals surface area contributed by atoms with E-state index in [1.165, 1.54) is 11.8 Å². The largest absolute Gasteiger partial charge is 0.358 e. The Morgan fingerprint density at radius 3 is 2.47 bits per heavy atom. The standard InChI is InChI=1S/C11H13N3S/c1-14(2)11(13)15-8-10-5-3-9(7-12)4-6-10/h3-6,13H,8H2,1-2H3. The molecule has 0 saturated heterocycles. The molecule has 0 atom stereocenters. The lowest BCUT2D eigenvalue weighted by Gasteiger charge is -2.12. The maximum atomic E-state index is 8.62. The first kappa shape index (κ1) is 11.6. The van der Waals surface area contributed by atoms with Crippen molar-refractivity contribution in [3.8, 4) is 6.07 Å². The van der Waals surface area contributed by atoms with Crippen molar-refractivity contribution in [1.29, 1.82) is 10.7 Å². The number of thioether (sulfide) groups is 1. The molecule has 0 aliphatic heterocycles. The highest BCUT2D eigenvalue weighted by Crippen LogP contribution is 2.14. The van der Waals surface area contributed by atoms with Gasteiger partial charge in [0.15, 0.2) is 5.17 Å². The summed E-state index contributed by atoms with van der Waals surface area (Å²) in [5.41, 5.74) is 1.80. The number of amidine groups is 1. The maximum absolute atomic E-state index is 8.62. The van der Waals surface area contributed by atoms with E-state index in [1.54, 1.807) is 17.0 Å². The highest BCUT2D eigenvalue weighted by atomic mass is 32.2. The van der Waals surface area contributed by atoms with Gasteiger partial charge in [-0.15, -0.1) is 0 Å². The molecule has 0 heterocycles. The molecule has 0 saturated carbocycles. The van der Waals surface area contributed by atoms with E-state index >= 15 is 0 Å². The van der Waals surface area contributed by atoms with Crippen molar-refractivity contribution in [2.24, 2.45) is 0 Å². The Bertz CT molecular complexity index is 376. The lowest BCUT2D eigenvalue weighted by atomic mass is 10.2. The molecule has 0 spiro atoms. The van der Waals surface area contributed by atoms with Crippen LogP contribution in [0.3, 0.4) is 0 Å². The van der Waals surface area contributed by atoms with Gasteiger partial charge in [0.2, 0.25) is 0 Å². The van der Waals surface area contributed by atoms with Crippen molar-refractivity contribution in [3.63, 3.8) is 0 Å². The van der Waals surface area contributed by atoms with Gasteiger partial charge < -0.3 is 4.90 Å². The van der Waals surface area contributed by atoms with Crippen molar-refractivity contribution in [2.45, 2.75) is 5.75 Å². The summed E-state index contributed by atoms with van der Waals surface area (Å²) >= 11 is 1.48. The number of nitrogens with zero attached hydrogens (tertiary/aromatic N) is 2. The summed E-state index contributed by atoms with van der Waals surface area (Å²) in [6.07, 6.45) is 0. The van der Waals surface area contributed by atoms with Gasteiger partial charge in [0.1, 0.15) is 0 Å². The molecule has 0 bridgehead atoms. The van der Waals surface area contributed by atoms with Gasteiger partial charge in [-0.3, -0.25) is 5.41 Å². The second kappa shape index (κ2) is 5.42. The molecule has 3 nitrogen and oxygen atoms in total. The SMILES string of the molecule is CN(C)C(=N)SCc1ccc(C#N)cc1. The van der Waals surface area contributed by atoms with Gasteiger partial charge in [-0.1, -0.05) is 23.9 Å². The van der Waals surface area contributed by atoms with E-state index in [0.717, 1.165) is 11.3 Å². The van der Waals surface area contributed by atoms with Gasteiger partial charge in [-0.2, -0.15) is 5.26 Å². The second-order valence-electron chi connectivity index (χ2n) is 3.30. The highest BCUT2D eigenvalue weighted by Gasteiger charge is 2.00. The zero-order valence-electron chi connectivity index (χ0n) is 8.82. The van der Waals surface area contributed by atoms with Gasteiger partial charge in [-0.05, 0) is 17.7 Å². The predicted octanol–water partition coefficient (Wildman–Crippen LogP) is 2.29. The average molecular weight is 219 g/mol. The van der Waals surface area contributed by atoms with Crippen LogP contribution >= 0.6 is 11.8 Å². The Hall–Kier alpha value is -1.47. The van der Waals surface area contributed by atoms with Gasteiger partial charge >= 0.3 is 0 Å². The molecule has 0 fully saturated rings. The first-order valence-corrected chi connectivity index (χ1v) is 5.49. The highest BCUT2D eigenvalue weighted by molar-refractivity contribution is 8.12. The fraction of sp³-hybridized carbons (Fsp3) is 0.273. The van der Waals surface area contributed by atoms with Crippen molar-refractivity contribution >= 4 is 16.9 Å². The van der Waals surface area contributed by atoms with E-state index in [9.17, 15) is 0 Å². The van der Waals surface area contributed by atoms with E-state index in [1.807, 2.05) is 26.2 Å². The summed E-state index contributed by atoms with van der Waals surface area (Å²) in [4.78, 5) is 1.77. The molecule has 1 rings (SSSR count). The average Bonchev–Trinajstić information content (AvgIpc) is 2.26. The molecule has 15 heavy (non-hydrogen) atoms. The molecule has 0 aromatic heterocycles. The number of benzene rings is 1. The number of nitrogens with one attached hydrogen (secondary N) is 1. The van der Waals surface area contributed by atoms with Gasteiger partial charge in [0.05, 0.1) is 11.6 Å². The Morgan fingerprint density at radius 2 is 2.00 bits per heavy atom. The molecule has 0 aliphatic carbocycles. The minimum Gasteiger partial charge on any atom is -0.358 e. The zero-order chi connectivity index (χ0) is 11.3. The molecular formula is C11H13N3S. The van der Waals surface area contributed by atoms with E-state index in [4.69, 9.17) is 10.7 Å². The van der Waals surface area contributed by atoms with Crippen LogP contribution < -0.4 is 0 Å². The van der Waals surface area contributed by atoms with E-state index in [2.05, 4.69) is 6.07 Å². The summed E-state index contributed by atoms with van der Waals surface area (Å²) in [6.45, 7) is 0. The van der Waals surface area contributed by atoms with Crippen molar-refractivity contribution in [1.82, 2.24) is 4.90 Å². The van der Waals surface area contributed by atoms with Crippen molar-refractivity contribution in [3.05, 3.63) is 35.4 Å². The van der Waals surface area contributed by atoms with Crippen LogP contribution in [0.4, 0.5) is 0 Å². The third-order valence-electron chi connectivity index (χ3n) is 1.86. The van der Waals surface area contributed by atoms with Crippen LogP contribution in [-0.2, 0) is 5.75 Å². The molecule has 0 radical (unpaired) electrons. The summed E-state index contributed by atoms with van der Waals surface area (Å²) in [7, 11) is 3.71. The van der Waals surface area contributed by atoms with E-state index in [0.29, 0.717) is 10.7 Å². The van der Waals surface area contributed by atoms with Gasteiger partial charge in [0.25, 0.3) is 0 Å². The van der Waals surface area contributed by atoms with Gasteiger partial charge in [0, 0.05) is 19.8 Å². The molecular weight excluding hydrogens is 206 g/mol. The molecule has 0 aliphatic rings. The maximum Gasteiger partial charge on any atom is 0.156 e. The molecule has 0 unspecified atom stereocenters. The smallest absolute Gasteiger partial charge is 0.156 e. The number of nitriles is 1. The predicted molar refractivity (Wildman–Crippen MR) is 63.9 cm³/mol. The lowest BCUT2D eigenvalue weighted by molar-refractivity contribution is 0.632. The van der Waals surface area contributed by atoms with Crippen LogP contribution in [0.5, 0.6) is 0 Å². The molecule has 1 aromatic rings. The third-order valence-corrected chi connectivity index (χ3v) is 2.98. The van der Waals surface area contributed by atoms with Gasteiger partial charge in [-0.25, -0.2) is 0 Å². The summed E-state index contributed by atoms with van der Waals surface area (Å²) in [5, 5.41) is 16.8. The summed E-state index contributed by atoms with van der Waals surface area (Å²) < 4.78 is 0. The molecule has 78 valence electrons. The molecule has 1 N–H and O–H groups in total. The van der Waals surface area contributed by atoms with E-state index < -0.39 is 0 Å². The van der Waals surface area contributed by atoms with Crippen LogP contribution in [0.15, 0.2) is 24.3 Å². The number of hydrogen-bond acceptors (Lipinski definition) is 3. The second-order valence-corrected chi connectivity index (χ2v) is 4.26. The zero-order valence-corrected chi connectivity index (χ0v) is 9.64. The molecule has 0 amide bonds. The van der Waals surface area contributed by atoms with Crippen molar-refractivity contribution in [2.75, 3.05) is 14.1 Å². The molecule has 1 aromatic carbocycles. The minimum absolute atomic E-state index is 0.541. The Labute approximate surface area is 94.2 Å². The topological polar surface area (TPSA) is 50.9 Å². The Balaban J connectivity index is 2.52. The number of rotatable bonds is 2. The van der Waals surface area contributed by atoms with Crippen LogP contribution in [0.2, 0.25) is 0 Å². The lowest BCUT2D eigenvalue weighted by Crippen LogP contribution is -2.17. The van der Waals surface area contributed by atoms with Crippen LogP contribution in [0.25, 0.3) is 0 Å². The molecule has 4 heteroatoms. The first-order chi connectivity index (χ1) is 7.13. The fourth-order valence-electron chi connectivity index (χ4n) is 0.956. The van der Waals surface area contributed by atoms with Crippen LogP contribution in [-0.4, -0.2) is 24.2 Å². The number of hydrogen-bond donors (Lipinski definition) is 1. The minimum atomic E-state index is 0.541. The van der Waals surface area contributed by atoms with Crippen LogP contribution in [0.1, 0.15) is 11.1 Å². The normalized spacial score (nSPS) is 9.40. The van der Waals surface area contributed by atoms with Crippen molar-refractivity contribution < 1.29 is 0 Å². The summed E-state index contributed by atoms with van der Waals surface area (Å²) in [5.74, 6) is 0.767. The Kier molecular flexibility index (Phi) is 4.19. The summed E-state index contributed by atoms with van der Waals surface area (Å²) in [6, 6.07) is 9.53. The Morgan fingerprint density at radius 1 is 1.40 bits per heavy atom. The van der Waals surface area contributed by atoms with Crippen LogP contribution in [0, 0.1) is 16.7 Å².